The fourth-order valence-corrected chi connectivity index (χ4v) is 3.02. The van der Waals surface area contributed by atoms with Crippen molar-refractivity contribution >= 4 is 11.8 Å². The predicted molar refractivity (Wildman–Crippen MR) is 115 cm³/mol. The normalized spacial score (nSPS) is 10.4. The molecule has 3 aromatic carbocycles. The molecular weight excluding hydrogens is 376 g/mol. The van der Waals surface area contributed by atoms with Gasteiger partial charge in [-0.25, -0.2) is 4.68 Å². The molecule has 4 rings (SSSR count). The highest BCUT2D eigenvalue weighted by molar-refractivity contribution is 6.02. The number of hydrazine groups is 1. The highest BCUT2D eigenvalue weighted by Crippen LogP contribution is 2.23. The molecule has 0 radical (unpaired) electrons. The molecule has 0 bridgehead atoms. The molecule has 6 nitrogen and oxygen atoms in total. The zero-order valence-electron chi connectivity index (χ0n) is 16.4. The molecule has 1 heterocycles. The largest absolute Gasteiger partial charge is 0.273 e. The molecule has 4 aromatic rings. The molecule has 0 aliphatic rings. The number of hydrogen-bond acceptors (Lipinski definition) is 3. The molecule has 0 saturated heterocycles. The highest BCUT2D eigenvalue weighted by atomic mass is 16.2. The van der Waals surface area contributed by atoms with E-state index in [1.807, 2.05) is 67.6 Å². The Morgan fingerprint density at radius 3 is 2.03 bits per heavy atom. The SMILES string of the molecule is Cc1ccc(-n2cc(C(=O)NNC(=O)c3ccccc3)c(-c3ccccc3)n2)cc1. The number of nitrogens with zero attached hydrogens (tertiary/aromatic N) is 2. The van der Waals surface area contributed by atoms with Gasteiger partial charge in [0.05, 0.1) is 11.3 Å². The molecule has 0 aliphatic carbocycles. The summed E-state index contributed by atoms with van der Waals surface area (Å²) in [5, 5.41) is 4.63. The third-order valence-electron chi connectivity index (χ3n) is 4.63. The van der Waals surface area contributed by atoms with E-state index in [9.17, 15) is 9.59 Å². The van der Waals surface area contributed by atoms with Crippen LogP contribution in [0.5, 0.6) is 0 Å². The molecule has 6 heteroatoms. The van der Waals surface area contributed by atoms with E-state index in [4.69, 9.17) is 0 Å². The lowest BCUT2D eigenvalue weighted by Crippen LogP contribution is -2.41. The minimum absolute atomic E-state index is 0.357. The van der Waals surface area contributed by atoms with Gasteiger partial charge in [0, 0.05) is 17.3 Å². The molecule has 0 atom stereocenters. The fraction of sp³-hybridized carbons (Fsp3) is 0.0417. The summed E-state index contributed by atoms with van der Waals surface area (Å²) in [4.78, 5) is 25.1. The number of amides is 2. The first-order chi connectivity index (χ1) is 14.6. The summed E-state index contributed by atoms with van der Waals surface area (Å²) in [7, 11) is 0. The third-order valence-corrected chi connectivity index (χ3v) is 4.63. The molecule has 1 aromatic heterocycles. The molecule has 0 fully saturated rings. The molecule has 2 N–H and O–H groups in total. The van der Waals surface area contributed by atoms with Gasteiger partial charge in [-0.05, 0) is 31.2 Å². The van der Waals surface area contributed by atoms with E-state index in [-0.39, 0.29) is 0 Å². The first kappa shape index (κ1) is 19.1. The van der Waals surface area contributed by atoms with Gasteiger partial charge in [0.2, 0.25) is 0 Å². The van der Waals surface area contributed by atoms with Gasteiger partial charge in [0.15, 0.2) is 0 Å². The van der Waals surface area contributed by atoms with Crippen molar-refractivity contribution in [1.29, 1.82) is 0 Å². The van der Waals surface area contributed by atoms with Crippen molar-refractivity contribution < 1.29 is 9.59 Å². The van der Waals surface area contributed by atoms with E-state index in [0.29, 0.717) is 16.8 Å². The minimum atomic E-state index is -0.448. The van der Waals surface area contributed by atoms with Crippen molar-refractivity contribution in [2.75, 3.05) is 0 Å². The summed E-state index contributed by atoms with van der Waals surface area (Å²) in [5.41, 5.74) is 9.07. The van der Waals surface area contributed by atoms with Gasteiger partial charge in [0.25, 0.3) is 11.8 Å². The van der Waals surface area contributed by atoms with E-state index in [0.717, 1.165) is 16.8 Å². The van der Waals surface area contributed by atoms with Crippen LogP contribution in [0.1, 0.15) is 26.3 Å². The number of benzene rings is 3. The fourth-order valence-electron chi connectivity index (χ4n) is 3.02. The second-order valence-electron chi connectivity index (χ2n) is 6.81. The summed E-state index contributed by atoms with van der Waals surface area (Å²) < 4.78 is 1.66. The molecule has 0 unspecified atom stereocenters. The maximum absolute atomic E-state index is 12.9. The lowest BCUT2D eigenvalue weighted by atomic mass is 10.1. The maximum Gasteiger partial charge on any atom is 0.273 e. The van der Waals surface area contributed by atoms with Crippen LogP contribution in [-0.4, -0.2) is 21.6 Å². The third kappa shape index (κ3) is 4.12. The van der Waals surface area contributed by atoms with Gasteiger partial charge in [-0.3, -0.25) is 20.4 Å². The Kier molecular flexibility index (Phi) is 5.39. The van der Waals surface area contributed by atoms with Gasteiger partial charge < -0.3 is 0 Å². The zero-order valence-corrected chi connectivity index (χ0v) is 16.4. The smallest absolute Gasteiger partial charge is 0.267 e. The van der Waals surface area contributed by atoms with Crippen LogP contribution >= 0.6 is 0 Å². The van der Waals surface area contributed by atoms with E-state index in [2.05, 4.69) is 16.0 Å². The van der Waals surface area contributed by atoms with Crippen molar-refractivity contribution in [3.8, 4) is 16.9 Å². The van der Waals surface area contributed by atoms with Gasteiger partial charge >= 0.3 is 0 Å². The van der Waals surface area contributed by atoms with Crippen LogP contribution in [0.3, 0.4) is 0 Å². The van der Waals surface area contributed by atoms with Crippen molar-refractivity contribution in [1.82, 2.24) is 20.6 Å². The van der Waals surface area contributed by atoms with Gasteiger partial charge in [-0.1, -0.05) is 66.2 Å². The van der Waals surface area contributed by atoms with Crippen molar-refractivity contribution in [3.63, 3.8) is 0 Å². The number of nitrogens with one attached hydrogen (secondary N) is 2. The molecule has 148 valence electrons. The Morgan fingerprint density at radius 1 is 0.767 bits per heavy atom. The number of aromatic nitrogens is 2. The first-order valence-corrected chi connectivity index (χ1v) is 9.50. The predicted octanol–water partition coefficient (Wildman–Crippen LogP) is 3.92. The first-order valence-electron chi connectivity index (χ1n) is 9.50. The van der Waals surface area contributed by atoms with Crippen LogP contribution in [0.15, 0.2) is 91.1 Å². The highest BCUT2D eigenvalue weighted by Gasteiger charge is 2.19. The van der Waals surface area contributed by atoms with Gasteiger partial charge in [-0.15, -0.1) is 0 Å². The topological polar surface area (TPSA) is 76.0 Å². The van der Waals surface area contributed by atoms with Crippen LogP contribution in [-0.2, 0) is 0 Å². The van der Waals surface area contributed by atoms with Gasteiger partial charge in [0.1, 0.15) is 5.69 Å². The van der Waals surface area contributed by atoms with Crippen LogP contribution in [0.4, 0.5) is 0 Å². The average Bonchev–Trinajstić information content (AvgIpc) is 3.24. The Morgan fingerprint density at radius 2 is 1.37 bits per heavy atom. The second kappa shape index (κ2) is 8.45. The van der Waals surface area contributed by atoms with Crippen molar-refractivity contribution in [2.24, 2.45) is 0 Å². The lowest BCUT2D eigenvalue weighted by Gasteiger charge is -2.07. The van der Waals surface area contributed by atoms with Crippen molar-refractivity contribution in [2.45, 2.75) is 6.92 Å². The minimum Gasteiger partial charge on any atom is -0.267 e. The second-order valence-corrected chi connectivity index (χ2v) is 6.81. The van der Waals surface area contributed by atoms with Crippen molar-refractivity contribution in [3.05, 3.63) is 108 Å². The van der Waals surface area contributed by atoms with Crippen LogP contribution in [0.25, 0.3) is 16.9 Å². The Hall–Kier alpha value is -4.19. The van der Waals surface area contributed by atoms with E-state index >= 15 is 0 Å². The monoisotopic (exact) mass is 396 g/mol. The Labute approximate surface area is 174 Å². The lowest BCUT2D eigenvalue weighted by molar-refractivity contribution is 0.0847. The summed E-state index contributed by atoms with van der Waals surface area (Å²) in [6.07, 6.45) is 1.66. The summed E-state index contributed by atoms with van der Waals surface area (Å²) in [6, 6.07) is 26.0. The molecule has 2 amide bonds. The maximum atomic E-state index is 12.9. The number of carbonyl (C=O) groups excluding carboxylic acids is 2. The summed E-state index contributed by atoms with van der Waals surface area (Å²) in [6.45, 7) is 2.01. The number of rotatable bonds is 4. The molecule has 0 spiro atoms. The zero-order chi connectivity index (χ0) is 20.9. The van der Waals surface area contributed by atoms with E-state index in [1.165, 1.54) is 0 Å². The van der Waals surface area contributed by atoms with Crippen LogP contribution < -0.4 is 10.9 Å². The molecule has 30 heavy (non-hydrogen) atoms. The van der Waals surface area contributed by atoms with Gasteiger partial charge in [-0.2, -0.15) is 5.10 Å². The van der Waals surface area contributed by atoms with Crippen LogP contribution in [0, 0.1) is 6.92 Å². The molecule has 0 saturated carbocycles. The number of aryl methyl sites for hydroxylation is 1. The van der Waals surface area contributed by atoms with Crippen LogP contribution in [0.2, 0.25) is 0 Å². The van der Waals surface area contributed by atoms with E-state index in [1.54, 1.807) is 35.1 Å². The number of hydrogen-bond donors (Lipinski definition) is 2. The average molecular weight is 396 g/mol. The standard InChI is InChI=1S/C24H20N4O2/c1-17-12-14-20(15-13-17)28-16-21(22(27-28)18-8-4-2-5-9-18)24(30)26-25-23(29)19-10-6-3-7-11-19/h2-16H,1H3,(H,25,29)(H,26,30). The summed E-state index contributed by atoms with van der Waals surface area (Å²) in [5.74, 6) is -0.840. The molecular formula is C24H20N4O2. The Bertz CT molecular complexity index is 1170. The summed E-state index contributed by atoms with van der Waals surface area (Å²) >= 11 is 0. The quantitative estimate of drug-likeness (QED) is 0.513. The van der Waals surface area contributed by atoms with E-state index < -0.39 is 11.8 Å². The number of carbonyl (C=O) groups is 2. The molecule has 0 aliphatic heterocycles. The Balaban J connectivity index is 1.63.